The van der Waals surface area contributed by atoms with Gasteiger partial charge < -0.3 is 10.2 Å². The molecular formula is C18H28ClN3O3S. The van der Waals surface area contributed by atoms with Gasteiger partial charge in [0.05, 0.1) is 11.4 Å². The number of nitrogens with one attached hydrogen (secondary N) is 1. The first kappa shape index (κ1) is 21.2. The minimum absolute atomic E-state index is 0. The second kappa shape index (κ2) is 8.25. The topological polar surface area (TPSA) is 69.7 Å². The lowest BCUT2D eigenvalue weighted by atomic mass is 10.1. The molecule has 146 valence electrons. The highest BCUT2D eigenvalue weighted by Gasteiger charge is 2.36. The zero-order chi connectivity index (χ0) is 18.2. The molecule has 2 fully saturated rings. The van der Waals surface area contributed by atoms with Crippen molar-refractivity contribution in [3.8, 4) is 0 Å². The summed E-state index contributed by atoms with van der Waals surface area (Å²) in [6.07, 6.45) is 1.65. The van der Waals surface area contributed by atoms with Gasteiger partial charge in [0.2, 0.25) is 15.9 Å². The Labute approximate surface area is 162 Å². The predicted molar refractivity (Wildman–Crippen MR) is 104 cm³/mol. The summed E-state index contributed by atoms with van der Waals surface area (Å²) in [6, 6.07) is 3.81. The van der Waals surface area contributed by atoms with Crippen molar-refractivity contribution in [1.82, 2.24) is 14.5 Å². The number of carbonyl (C=O) groups excluding carboxylic acids is 1. The fourth-order valence-electron chi connectivity index (χ4n) is 4.10. The fourth-order valence-corrected chi connectivity index (χ4v) is 6.03. The van der Waals surface area contributed by atoms with Crippen LogP contribution in [0.4, 0.5) is 0 Å². The average molecular weight is 402 g/mol. The van der Waals surface area contributed by atoms with Crippen molar-refractivity contribution in [2.75, 3.05) is 32.7 Å². The Bertz CT molecular complexity index is 759. The van der Waals surface area contributed by atoms with Gasteiger partial charge in [-0.1, -0.05) is 17.7 Å². The molecule has 26 heavy (non-hydrogen) atoms. The lowest BCUT2D eigenvalue weighted by Crippen LogP contribution is -2.57. The van der Waals surface area contributed by atoms with Crippen molar-refractivity contribution in [2.45, 2.75) is 44.6 Å². The molecule has 0 aliphatic carbocycles. The van der Waals surface area contributed by atoms with Gasteiger partial charge in [0.1, 0.15) is 0 Å². The lowest BCUT2D eigenvalue weighted by Gasteiger charge is -2.40. The van der Waals surface area contributed by atoms with Crippen LogP contribution in [0.3, 0.4) is 0 Å². The largest absolute Gasteiger partial charge is 0.336 e. The second-order valence-corrected chi connectivity index (χ2v) is 9.03. The number of amides is 1. The van der Waals surface area contributed by atoms with Crippen LogP contribution < -0.4 is 5.32 Å². The van der Waals surface area contributed by atoms with Crippen molar-refractivity contribution < 1.29 is 13.2 Å². The van der Waals surface area contributed by atoms with Crippen LogP contribution in [-0.2, 0) is 14.8 Å². The van der Waals surface area contributed by atoms with Crippen LogP contribution in [0.15, 0.2) is 17.0 Å². The van der Waals surface area contributed by atoms with Gasteiger partial charge in [-0.05, 0) is 44.7 Å². The van der Waals surface area contributed by atoms with E-state index in [1.165, 1.54) is 0 Å². The average Bonchev–Trinajstić information content (AvgIpc) is 2.54. The highest BCUT2D eigenvalue weighted by Crippen LogP contribution is 2.28. The summed E-state index contributed by atoms with van der Waals surface area (Å²) in [5.74, 6) is 0.0678. The molecule has 2 heterocycles. The van der Waals surface area contributed by atoms with E-state index in [2.05, 4.69) is 5.32 Å². The van der Waals surface area contributed by atoms with E-state index in [4.69, 9.17) is 0 Å². The standard InChI is InChI=1S/C18H27N3O3S.ClH/c1-13-9-14(2)18(15(3)10-13)25(23,24)20-7-4-5-16(12-20)21-8-6-19-11-17(21)22;/h9-10,16,19H,4-8,11-12H2,1-3H3;1H. The highest BCUT2D eigenvalue weighted by atomic mass is 35.5. The van der Waals surface area contributed by atoms with Crippen molar-refractivity contribution in [3.05, 3.63) is 28.8 Å². The molecule has 0 saturated carbocycles. The summed E-state index contributed by atoms with van der Waals surface area (Å²) >= 11 is 0. The SMILES string of the molecule is Cc1cc(C)c(S(=O)(=O)N2CCCC(N3CCNCC3=O)C2)c(C)c1.Cl. The van der Waals surface area contributed by atoms with Gasteiger partial charge in [0.25, 0.3) is 0 Å². The third-order valence-electron chi connectivity index (χ3n) is 5.13. The molecule has 0 radical (unpaired) electrons. The number of hydrogen-bond acceptors (Lipinski definition) is 4. The number of piperidine rings is 1. The number of benzene rings is 1. The Morgan fingerprint density at radius 2 is 1.77 bits per heavy atom. The van der Waals surface area contributed by atoms with E-state index >= 15 is 0 Å². The molecule has 0 bridgehead atoms. The van der Waals surface area contributed by atoms with E-state index in [-0.39, 0.29) is 24.4 Å². The van der Waals surface area contributed by atoms with Gasteiger partial charge in [0, 0.05) is 32.2 Å². The fraction of sp³-hybridized carbons (Fsp3) is 0.611. The summed E-state index contributed by atoms with van der Waals surface area (Å²) in [5.41, 5.74) is 2.65. The number of sulfonamides is 1. The van der Waals surface area contributed by atoms with Crippen LogP contribution in [-0.4, -0.2) is 62.3 Å². The Morgan fingerprint density at radius 3 is 2.38 bits per heavy atom. The van der Waals surface area contributed by atoms with Crippen LogP contribution >= 0.6 is 12.4 Å². The first-order chi connectivity index (χ1) is 11.8. The summed E-state index contributed by atoms with van der Waals surface area (Å²) < 4.78 is 28.1. The van der Waals surface area contributed by atoms with Crippen molar-refractivity contribution in [2.24, 2.45) is 0 Å². The molecule has 2 saturated heterocycles. The molecular weight excluding hydrogens is 374 g/mol. The molecule has 6 nitrogen and oxygen atoms in total. The number of carbonyl (C=O) groups is 1. The smallest absolute Gasteiger partial charge is 0.243 e. The number of rotatable bonds is 3. The monoisotopic (exact) mass is 401 g/mol. The second-order valence-electron chi connectivity index (χ2n) is 7.15. The molecule has 1 atom stereocenters. The number of aryl methyl sites for hydroxylation is 3. The van der Waals surface area contributed by atoms with E-state index in [1.807, 2.05) is 37.8 Å². The molecule has 1 amide bonds. The molecule has 1 unspecified atom stereocenters. The maximum absolute atomic E-state index is 13.3. The minimum atomic E-state index is -3.55. The summed E-state index contributed by atoms with van der Waals surface area (Å²) in [6.45, 7) is 8.36. The third kappa shape index (κ3) is 4.06. The molecule has 2 aliphatic rings. The summed E-state index contributed by atoms with van der Waals surface area (Å²) in [4.78, 5) is 14.4. The van der Waals surface area contributed by atoms with Gasteiger partial charge in [0.15, 0.2) is 0 Å². The minimum Gasteiger partial charge on any atom is -0.336 e. The first-order valence-corrected chi connectivity index (χ1v) is 10.3. The van der Waals surface area contributed by atoms with Crippen LogP contribution in [0.25, 0.3) is 0 Å². The van der Waals surface area contributed by atoms with Crippen LogP contribution in [0.5, 0.6) is 0 Å². The molecule has 8 heteroatoms. The lowest BCUT2D eigenvalue weighted by molar-refractivity contribution is -0.135. The van der Waals surface area contributed by atoms with E-state index in [1.54, 1.807) is 4.31 Å². The number of nitrogens with zero attached hydrogens (tertiary/aromatic N) is 2. The maximum Gasteiger partial charge on any atom is 0.243 e. The Morgan fingerprint density at radius 1 is 1.12 bits per heavy atom. The highest BCUT2D eigenvalue weighted by molar-refractivity contribution is 7.89. The van der Waals surface area contributed by atoms with Crippen LogP contribution in [0.1, 0.15) is 29.5 Å². The quantitative estimate of drug-likeness (QED) is 0.835. The van der Waals surface area contributed by atoms with E-state index in [0.717, 1.165) is 36.1 Å². The van der Waals surface area contributed by atoms with Crippen molar-refractivity contribution in [1.29, 1.82) is 0 Å². The molecule has 1 aromatic rings. The van der Waals surface area contributed by atoms with Crippen molar-refractivity contribution in [3.63, 3.8) is 0 Å². The summed E-state index contributed by atoms with van der Waals surface area (Å²) in [7, 11) is -3.55. The van der Waals surface area contributed by atoms with E-state index in [9.17, 15) is 13.2 Å². The predicted octanol–water partition coefficient (Wildman–Crippen LogP) is 1.62. The molecule has 0 spiro atoms. The van der Waals surface area contributed by atoms with Crippen molar-refractivity contribution >= 4 is 28.3 Å². The van der Waals surface area contributed by atoms with E-state index < -0.39 is 10.0 Å². The van der Waals surface area contributed by atoms with E-state index in [0.29, 0.717) is 31.1 Å². The molecule has 1 aromatic carbocycles. The maximum atomic E-state index is 13.3. The number of hydrogen-bond donors (Lipinski definition) is 1. The third-order valence-corrected chi connectivity index (χ3v) is 7.30. The summed E-state index contributed by atoms with van der Waals surface area (Å²) in [5, 5.41) is 3.07. The molecule has 2 aliphatic heterocycles. The Hall–Kier alpha value is -1.15. The molecule has 3 rings (SSSR count). The number of halogens is 1. The van der Waals surface area contributed by atoms with Crippen LogP contribution in [0, 0.1) is 20.8 Å². The van der Waals surface area contributed by atoms with Gasteiger partial charge in [-0.3, -0.25) is 4.79 Å². The first-order valence-electron chi connectivity index (χ1n) is 8.89. The molecule has 1 N–H and O–H groups in total. The van der Waals surface area contributed by atoms with Gasteiger partial charge in [-0.25, -0.2) is 8.42 Å². The molecule has 0 aromatic heterocycles. The zero-order valence-electron chi connectivity index (χ0n) is 15.6. The van der Waals surface area contributed by atoms with Gasteiger partial charge in [-0.15, -0.1) is 12.4 Å². The zero-order valence-corrected chi connectivity index (χ0v) is 17.3. The van der Waals surface area contributed by atoms with Crippen LogP contribution in [0.2, 0.25) is 0 Å². The Balaban J connectivity index is 0.00000243. The Kier molecular flexibility index (Phi) is 6.71. The number of piperazine rings is 1. The van der Waals surface area contributed by atoms with Gasteiger partial charge >= 0.3 is 0 Å². The normalized spacial score (nSPS) is 22.2. The van der Waals surface area contributed by atoms with Gasteiger partial charge in [-0.2, -0.15) is 4.31 Å².